The molecule has 3 nitrogen and oxygen atoms in total. The van der Waals surface area contributed by atoms with Crippen molar-refractivity contribution in [1.29, 1.82) is 0 Å². The molecule has 1 heterocycles. The third-order valence-electron chi connectivity index (χ3n) is 4.87. The van der Waals surface area contributed by atoms with Crippen molar-refractivity contribution in [2.24, 2.45) is 11.8 Å². The van der Waals surface area contributed by atoms with Crippen molar-refractivity contribution in [1.82, 2.24) is 9.80 Å². The Hall–Kier alpha value is -0.410. The number of ketones is 1. The number of nitrogens with zero attached hydrogens (tertiary/aromatic N) is 2. The van der Waals surface area contributed by atoms with Gasteiger partial charge in [-0.25, -0.2) is 0 Å². The maximum Gasteiger partial charge on any atom is 0.149 e. The minimum Gasteiger partial charge on any atom is -0.301 e. The van der Waals surface area contributed by atoms with Crippen LogP contribution in [-0.2, 0) is 4.79 Å². The highest BCUT2D eigenvalue weighted by Gasteiger charge is 2.28. The first-order chi connectivity index (χ1) is 8.81. The number of carbonyl (C=O) groups is 1. The summed E-state index contributed by atoms with van der Waals surface area (Å²) in [5.74, 6) is 1.91. The van der Waals surface area contributed by atoms with E-state index in [1.165, 1.54) is 45.3 Å². The molecule has 0 aromatic heterocycles. The second kappa shape index (κ2) is 5.70. The second-order valence-corrected chi connectivity index (χ2v) is 6.47. The van der Waals surface area contributed by atoms with Crippen molar-refractivity contribution in [3.63, 3.8) is 0 Å². The molecular formula is C15H26N2O. The molecule has 0 bridgehead atoms. The van der Waals surface area contributed by atoms with Gasteiger partial charge in [-0.1, -0.05) is 12.8 Å². The van der Waals surface area contributed by atoms with Crippen molar-refractivity contribution in [3.8, 4) is 0 Å². The van der Waals surface area contributed by atoms with Crippen LogP contribution in [0.2, 0.25) is 0 Å². The molecule has 0 N–H and O–H groups in total. The molecule has 0 aromatic carbocycles. The fourth-order valence-electron chi connectivity index (χ4n) is 3.39. The maximum atomic E-state index is 12.1. The van der Waals surface area contributed by atoms with Gasteiger partial charge in [0.2, 0.25) is 0 Å². The van der Waals surface area contributed by atoms with Gasteiger partial charge in [0.05, 0.1) is 6.54 Å². The first kappa shape index (κ1) is 12.6. The van der Waals surface area contributed by atoms with Crippen molar-refractivity contribution in [2.75, 3.05) is 39.3 Å². The van der Waals surface area contributed by atoms with Crippen LogP contribution >= 0.6 is 0 Å². The Kier molecular flexibility index (Phi) is 4.00. The quantitative estimate of drug-likeness (QED) is 0.743. The molecule has 3 rings (SSSR count). The van der Waals surface area contributed by atoms with E-state index in [0.29, 0.717) is 11.7 Å². The van der Waals surface area contributed by atoms with Crippen molar-refractivity contribution >= 4 is 5.78 Å². The van der Waals surface area contributed by atoms with Crippen LogP contribution in [0.1, 0.15) is 38.5 Å². The Balaban J connectivity index is 1.37. The molecule has 0 radical (unpaired) electrons. The van der Waals surface area contributed by atoms with E-state index in [-0.39, 0.29) is 0 Å². The van der Waals surface area contributed by atoms with Gasteiger partial charge < -0.3 is 4.90 Å². The van der Waals surface area contributed by atoms with Crippen LogP contribution in [0.5, 0.6) is 0 Å². The van der Waals surface area contributed by atoms with E-state index in [9.17, 15) is 4.79 Å². The molecule has 1 aliphatic heterocycles. The highest BCUT2D eigenvalue weighted by atomic mass is 16.1. The third kappa shape index (κ3) is 3.33. The van der Waals surface area contributed by atoms with Gasteiger partial charge in [-0.15, -0.1) is 0 Å². The fourth-order valence-corrected chi connectivity index (χ4v) is 3.39. The summed E-state index contributed by atoms with van der Waals surface area (Å²) in [5, 5.41) is 0. The van der Waals surface area contributed by atoms with Gasteiger partial charge in [0.25, 0.3) is 0 Å². The van der Waals surface area contributed by atoms with Crippen molar-refractivity contribution < 1.29 is 4.79 Å². The predicted octanol–water partition coefficient (Wildman–Crippen LogP) is 1.77. The summed E-state index contributed by atoms with van der Waals surface area (Å²) in [5.41, 5.74) is 0. The Bertz CT molecular complexity index is 287. The van der Waals surface area contributed by atoms with Crippen LogP contribution in [0.4, 0.5) is 0 Å². The summed E-state index contributed by atoms with van der Waals surface area (Å²) in [6, 6.07) is 0. The number of Topliss-reactive ketones (excluding diaryl/α,β-unsaturated/α-hetero) is 1. The summed E-state index contributed by atoms with van der Waals surface area (Å²) >= 11 is 0. The number of hydrogen-bond acceptors (Lipinski definition) is 3. The molecule has 0 amide bonds. The van der Waals surface area contributed by atoms with E-state index < -0.39 is 0 Å². The molecule has 2 aliphatic carbocycles. The van der Waals surface area contributed by atoms with Gasteiger partial charge >= 0.3 is 0 Å². The monoisotopic (exact) mass is 250 g/mol. The normalized spacial score (nSPS) is 27.8. The lowest BCUT2D eigenvalue weighted by Crippen LogP contribution is -2.48. The average molecular weight is 250 g/mol. The van der Waals surface area contributed by atoms with Crippen LogP contribution in [0, 0.1) is 11.8 Å². The van der Waals surface area contributed by atoms with Gasteiger partial charge in [0.1, 0.15) is 5.78 Å². The standard InChI is InChI=1S/C15H26N2O/c18-15(14-3-1-2-4-14)12-17-9-7-16(8-10-17)11-13-5-6-13/h13-14H,1-12H2. The van der Waals surface area contributed by atoms with Crippen LogP contribution in [0.15, 0.2) is 0 Å². The largest absolute Gasteiger partial charge is 0.301 e. The van der Waals surface area contributed by atoms with E-state index in [4.69, 9.17) is 0 Å². The number of rotatable bonds is 5. The van der Waals surface area contributed by atoms with Gasteiger partial charge in [0, 0.05) is 38.6 Å². The fraction of sp³-hybridized carbons (Fsp3) is 0.933. The first-order valence-corrected chi connectivity index (χ1v) is 7.78. The summed E-state index contributed by atoms with van der Waals surface area (Å²) in [7, 11) is 0. The summed E-state index contributed by atoms with van der Waals surface area (Å²) in [4.78, 5) is 17.1. The SMILES string of the molecule is O=C(CN1CCN(CC2CC2)CC1)C1CCCC1. The van der Waals surface area contributed by atoms with Crippen LogP contribution < -0.4 is 0 Å². The highest BCUT2D eigenvalue weighted by Crippen LogP contribution is 2.30. The topological polar surface area (TPSA) is 23.6 Å². The zero-order valence-corrected chi connectivity index (χ0v) is 11.4. The molecular weight excluding hydrogens is 224 g/mol. The Morgan fingerprint density at radius 2 is 1.50 bits per heavy atom. The zero-order chi connectivity index (χ0) is 12.4. The predicted molar refractivity (Wildman–Crippen MR) is 72.6 cm³/mol. The molecule has 3 fully saturated rings. The van der Waals surface area contributed by atoms with E-state index in [0.717, 1.165) is 38.4 Å². The highest BCUT2D eigenvalue weighted by molar-refractivity contribution is 5.83. The molecule has 3 heteroatoms. The molecule has 0 unspecified atom stereocenters. The van der Waals surface area contributed by atoms with E-state index in [2.05, 4.69) is 9.80 Å². The Labute approximate surface area is 111 Å². The lowest BCUT2D eigenvalue weighted by atomic mass is 10.0. The van der Waals surface area contributed by atoms with E-state index in [1.807, 2.05) is 0 Å². The van der Waals surface area contributed by atoms with Crippen LogP contribution in [0.3, 0.4) is 0 Å². The van der Waals surface area contributed by atoms with Crippen LogP contribution in [0.25, 0.3) is 0 Å². The molecule has 2 saturated carbocycles. The molecule has 0 spiro atoms. The lowest BCUT2D eigenvalue weighted by Gasteiger charge is -2.34. The summed E-state index contributed by atoms with van der Waals surface area (Å²) in [6.07, 6.45) is 7.73. The number of piperazine rings is 1. The lowest BCUT2D eigenvalue weighted by molar-refractivity contribution is -0.124. The molecule has 18 heavy (non-hydrogen) atoms. The van der Waals surface area contributed by atoms with E-state index in [1.54, 1.807) is 0 Å². The molecule has 0 aromatic rings. The third-order valence-corrected chi connectivity index (χ3v) is 4.87. The Morgan fingerprint density at radius 3 is 2.11 bits per heavy atom. The zero-order valence-electron chi connectivity index (χ0n) is 11.4. The average Bonchev–Trinajstić information content (AvgIpc) is 3.02. The minimum atomic E-state index is 0.398. The summed E-state index contributed by atoms with van der Waals surface area (Å²) in [6.45, 7) is 6.59. The maximum absolute atomic E-state index is 12.1. The van der Waals surface area contributed by atoms with Gasteiger partial charge in [-0.2, -0.15) is 0 Å². The number of carbonyl (C=O) groups excluding carboxylic acids is 1. The Morgan fingerprint density at radius 1 is 0.889 bits per heavy atom. The van der Waals surface area contributed by atoms with E-state index >= 15 is 0 Å². The van der Waals surface area contributed by atoms with Crippen molar-refractivity contribution in [2.45, 2.75) is 38.5 Å². The van der Waals surface area contributed by atoms with Gasteiger partial charge in [0.15, 0.2) is 0 Å². The second-order valence-electron chi connectivity index (χ2n) is 6.47. The van der Waals surface area contributed by atoms with Gasteiger partial charge in [-0.3, -0.25) is 9.69 Å². The van der Waals surface area contributed by atoms with Crippen molar-refractivity contribution in [3.05, 3.63) is 0 Å². The van der Waals surface area contributed by atoms with Crippen LogP contribution in [-0.4, -0.2) is 54.9 Å². The molecule has 3 aliphatic rings. The minimum absolute atomic E-state index is 0.398. The molecule has 0 atom stereocenters. The summed E-state index contributed by atoms with van der Waals surface area (Å²) < 4.78 is 0. The number of hydrogen-bond donors (Lipinski definition) is 0. The smallest absolute Gasteiger partial charge is 0.149 e. The first-order valence-electron chi connectivity index (χ1n) is 7.78. The molecule has 102 valence electrons. The molecule has 1 saturated heterocycles. The van der Waals surface area contributed by atoms with Gasteiger partial charge in [-0.05, 0) is 31.6 Å².